The van der Waals surface area contributed by atoms with Gasteiger partial charge in [0.2, 0.25) is 0 Å². The van der Waals surface area contributed by atoms with Crippen molar-refractivity contribution in [3.8, 4) is 22.6 Å². The van der Waals surface area contributed by atoms with Gasteiger partial charge in [-0.2, -0.15) is 0 Å². The van der Waals surface area contributed by atoms with E-state index in [-0.39, 0.29) is 0 Å². The van der Waals surface area contributed by atoms with E-state index in [1.807, 2.05) is 48.5 Å². The number of pyridine rings is 1. The van der Waals surface area contributed by atoms with E-state index in [1.165, 1.54) is 0 Å². The Hall–Kier alpha value is -3.07. The zero-order valence-corrected chi connectivity index (χ0v) is 11.9. The quantitative estimate of drug-likeness (QED) is 0.541. The van der Waals surface area contributed by atoms with Gasteiger partial charge in [0.25, 0.3) is 0 Å². The molecule has 0 aliphatic carbocycles. The predicted octanol–water partition coefficient (Wildman–Crippen LogP) is 4.74. The summed E-state index contributed by atoms with van der Waals surface area (Å²) in [6.45, 7) is 0. The topological polar surface area (TPSA) is 52.0 Å². The Balaban J connectivity index is 1.99. The maximum Gasteiger partial charge on any atom is 0.142 e. The summed E-state index contributed by atoms with van der Waals surface area (Å²) in [6, 6.07) is 19.9. The first kappa shape index (κ1) is 12.7. The van der Waals surface area contributed by atoms with E-state index in [9.17, 15) is 0 Å². The van der Waals surface area contributed by atoms with Gasteiger partial charge >= 0.3 is 0 Å². The average Bonchev–Trinajstić information content (AvgIpc) is 2.96. The second-order valence-corrected chi connectivity index (χ2v) is 5.16. The number of fused-ring (bicyclic) bond motifs is 1. The number of aromatic nitrogens is 1. The van der Waals surface area contributed by atoms with Gasteiger partial charge in [-0.05, 0) is 36.4 Å². The van der Waals surface area contributed by atoms with Crippen molar-refractivity contribution in [1.82, 2.24) is 4.98 Å². The summed E-state index contributed by atoms with van der Waals surface area (Å²) in [4.78, 5) is 4.07. The minimum atomic E-state index is 0.744. The van der Waals surface area contributed by atoms with Crippen molar-refractivity contribution in [3.05, 3.63) is 73.1 Å². The van der Waals surface area contributed by atoms with Crippen LogP contribution in [-0.4, -0.2) is 4.98 Å². The number of rotatable bonds is 2. The largest absolute Gasteiger partial charge is 0.455 e. The summed E-state index contributed by atoms with van der Waals surface area (Å²) in [7, 11) is 0. The number of furan rings is 1. The van der Waals surface area contributed by atoms with Gasteiger partial charge in [-0.1, -0.05) is 24.3 Å². The van der Waals surface area contributed by atoms with E-state index >= 15 is 0 Å². The predicted molar refractivity (Wildman–Crippen MR) is 89.3 cm³/mol. The summed E-state index contributed by atoms with van der Waals surface area (Å²) >= 11 is 0. The first-order chi connectivity index (χ1) is 10.8. The van der Waals surface area contributed by atoms with Gasteiger partial charge in [-0.3, -0.25) is 4.98 Å². The molecule has 2 heterocycles. The van der Waals surface area contributed by atoms with E-state index in [1.54, 1.807) is 12.4 Å². The third-order valence-electron chi connectivity index (χ3n) is 3.74. The van der Waals surface area contributed by atoms with Crippen LogP contribution in [0.3, 0.4) is 0 Å². The first-order valence-corrected chi connectivity index (χ1v) is 7.11. The molecule has 0 spiro atoms. The van der Waals surface area contributed by atoms with E-state index in [0.29, 0.717) is 0 Å². The molecule has 2 aromatic heterocycles. The molecule has 3 nitrogen and oxygen atoms in total. The minimum absolute atomic E-state index is 0.744. The van der Waals surface area contributed by atoms with Crippen LogP contribution >= 0.6 is 0 Å². The molecule has 2 aromatic carbocycles. The van der Waals surface area contributed by atoms with Crippen LogP contribution in [0.1, 0.15) is 0 Å². The number of anilines is 1. The van der Waals surface area contributed by atoms with Crippen molar-refractivity contribution in [2.75, 3.05) is 5.73 Å². The molecule has 3 heteroatoms. The molecule has 0 radical (unpaired) electrons. The molecular weight excluding hydrogens is 272 g/mol. The lowest BCUT2D eigenvalue weighted by molar-refractivity contribution is 0.602. The molecule has 0 saturated carbocycles. The highest BCUT2D eigenvalue weighted by molar-refractivity contribution is 6.02. The molecule has 0 unspecified atom stereocenters. The summed E-state index contributed by atoms with van der Waals surface area (Å²) in [6.07, 6.45) is 3.55. The maximum absolute atomic E-state index is 6.21. The molecule has 0 saturated heterocycles. The number of nitrogens with zero attached hydrogens (tertiary/aromatic N) is 1. The highest BCUT2D eigenvalue weighted by Crippen LogP contribution is 2.38. The van der Waals surface area contributed by atoms with Crippen molar-refractivity contribution in [2.24, 2.45) is 0 Å². The Morgan fingerprint density at radius 1 is 0.682 bits per heavy atom. The number of hydrogen-bond acceptors (Lipinski definition) is 3. The minimum Gasteiger partial charge on any atom is -0.455 e. The third-order valence-corrected chi connectivity index (χ3v) is 3.74. The van der Waals surface area contributed by atoms with Crippen molar-refractivity contribution >= 4 is 16.5 Å². The third kappa shape index (κ3) is 2.04. The average molecular weight is 286 g/mol. The molecule has 22 heavy (non-hydrogen) atoms. The van der Waals surface area contributed by atoms with Crippen molar-refractivity contribution in [2.45, 2.75) is 0 Å². The van der Waals surface area contributed by atoms with Gasteiger partial charge in [0.05, 0.1) is 0 Å². The molecule has 0 amide bonds. The first-order valence-electron chi connectivity index (χ1n) is 7.11. The molecule has 0 bridgehead atoms. The fraction of sp³-hybridized carbons (Fsp3) is 0. The van der Waals surface area contributed by atoms with Crippen molar-refractivity contribution in [3.63, 3.8) is 0 Å². The van der Waals surface area contributed by atoms with Gasteiger partial charge in [-0.25, -0.2) is 0 Å². The Kier molecular flexibility index (Phi) is 2.90. The molecule has 4 aromatic rings. The van der Waals surface area contributed by atoms with Crippen LogP contribution < -0.4 is 5.73 Å². The molecule has 2 N–H and O–H groups in total. The molecule has 0 atom stereocenters. The van der Waals surface area contributed by atoms with E-state index in [2.05, 4.69) is 17.1 Å². The van der Waals surface area contributed by atoms with E-state index in [0.717, 1.165) is 39.1 Å². The number of nitrogens with two attached hydrogens (primary N) is 1. The lowest BCUT2D eigenvalue weighted by Gasteiger charge is -1.99. The number of nitrogen functional groups attached to an aromatic ring is 1. The summed E-state index contributed by atoms with van der Waals surface area (Å²) in [5.74, 6) is 1.73. The van der Waals surface area contributed by atoms with Crippen LogP contribution in [0, 0.1) is 0 Å². The summed E-state index contributed by atoms with van der Waals surface area (Å²) in [5, 5.41) is 2.19. The zero-order chi connectivity index (χ0) is 14.9. The Morgan fingerprint density at radius 3 is 1.82 bits per heavy atom. The van der Waals surface area contributed by atoms with Crippen molar-refractivity contribution < 1.29 is 4.42 Å². The lowest BCUT2D eigenvalue weighted by atomic mass is 10.1. The monoisotopic (exact) mass is 286 g/mol. The molecule has 0 aliphatic heterocycles. The summed E-state index contributed by atoms with van der Waals surface area (Å²) in [5.41, 5.74) is 8.56. The van der Waals surface area contributed by atoms with Gasteiger partial charge in [0.1, 0.15) is 11.5 Å². The van der Waals surface area contributed by atoms with Gasteiger partial charge in [0, 0.05) is 40.0 Å². The molecule has 0 fully saturated rings. The van der Waals surface area contributed by atoms with Gasteiger partial charge in [-0.15, -0.1) is 0 Å². The van der Waals surface area contributed by atoms with Crippen molar-refractivity contribution in [1.29, 1.82) is 0 Å². The highest BCUT2D eigenvalue weighted by atomic mass is 16.3. The zero-order valence-electron chi connectivity index (χ0n) is 11.9. The van der Waals surface area contributed by atoms with Gasteiger partial charge < -0.3 is 10.2 Å². The molecule has 106 valence electrons. The molecule has 4 rings (SSSR count). The Morgan fingerprint density at radius 2 is 1.23 bits per heavy atom. The second-order valence-electron chi connectivity index (χ2n) is 5.16. The summed E-state index contributed by atoms with van der Waals surface area (Å²) < 4.78 is 6.21. The molecule has 0 aliphatic rings. The Labute approximate surface area is 128 Å². The fourth-order valence-corrected chi connectivity index (χ4v) is 2.66. The van der Waals surface area contributed by atoms with E-state index in [4.69, 9.17) is 10.2 Å². The standard InChI is InChI=1S/C19H14N2O/c20-15-7-5-13(6-8-15)18-16-3-1-2-4-17(16)19(22-18)14-9-11-21-12-10-14/h1-12H,20H2. The van der Waals surface area contributed by atoms with Crippen LogP contribution in [0.15, 0.2) is 77.5 Å². The van der Waals surface area contributed by atoms with E-state index < -0.39 is 0 Å². The van der Waals surface area contributed by atoms with Crippen LogP contribution in [0.5, 0.6) is 0 Å². The smallest absolute Gasteiger partial charge is 0.142 e. The SMILES string of the molecule is Nc1ccc(-c2oc(-c3ccncc3)c3ccccc23)cc1. The molecular formula is C19H14N2O. The Bertz CT molecular complexity index is 925. The normalized spacial score (nSPS) is 10.9. The second kappa shape index (κ2) is 5.04. The number of benzene rings is 2. The van der Waals surface area contributed by atoms with Crippen LogP contribution in [0.25, 0.3) is 33.4 Å². The lowest BCUT2D eigenvalue weighted by Crippen LogP contribution is -1.83. The fourth-order valence-electron chi connectivity index (χ4n) is 2.66. The van der Waals surface area contributed by atoms with Crippen LogP contribution in [0.2, 0.25) is 0 Å². The highest BCUT2D eigenvalue weighted by Gasteiger charge is 2.15. The number of hydrogen-bond donors (Lipinski definition) is 1. The van der Waals surface area contributed by atoms with Crippen LogP contribution in [-0.2, 0) is 0 Å². The van der Waals surface area contributed by atoms with Gasteiger partial charge in [0.15, 0.2) is 0 Å². The van der Waals surface area contributed by atoms with Crippen LogP contribution in [0.4, 0.5) is 5.69 Å². The maximum atomic E-state index is 6.21.